The van der Waals surface area contributed by atoms with Crippen LogP contribution < -0.4 is 0 Å². The van der Waals surface area contributed by atoms with Crippen LogP contribution >= 0.6 is 0 Å². The van der Waals surface area contributed by atoms with Gasteiger partial charge < -0.3 is 9.32 Å². The van der Waals surface area contributed by atoms with Gasteiger partial charge in [-0.3, -0.25) is 9.89 Å². The Hall–Kier alpha value is -3.03. The third-order valence-electron chi connectivity index (χ3n) is 4.88. The van der Waals surface area contributed by atoms with E-state index in [1.165, 1.54) is 25.5 Å². The molecule has 0 saturated carbocycles. The molecule has 0 aliphatic carbocycles. The number of carbonyl (C=O) groups excluding carboxylic acids is 1. The van der Waals surface area contributed by atoms with Crippen LogP contribution in [0, 0.1) is 6.92 Å². The van der Waals surface area contributed by atoms with Crippen molar-refractivity contribution in [1.29, 1.82) is 0 Å². The monoisotopic (exact) mass is 375 g/mol. The molecule has 1 N–H and O–H groups in total. The normalized spacial score (nSPS) is 14.3. The lowest BCUT2D eigenvalue weighted by Gasteiger charge is -2.27. The van der Waals surface area contributed by atoms with E-state index in [9.17, 15) is 18.0 Å². The summed E-state index contributed by atoms with van der Waals surface area (Å²) >= 11 is 0. The maximum absolute atomic E-state index is 13.2. The number of nitrogens with zero attached hydrogens (tertiary/aromatic N) is 2. The van der Waals surface area contributed by atoms with Gasteiger partial charge >= 0.3 is 6.18 Å². The summed E-state index contributed by atoms with van der Waals surface area (Å²) in [5.74, 6) is -0.178. The molecule has 3 aromatic rings. The van der Waals surface area contributed by atoms with Gasteiger partial charge in [0.2, 0.25) is 0 Å². The summed E-state index contributed by atoms with van der Waals surface area (Å²) in [4.78, 5) is 14.2. The standard InChI is InChI=1S/C19H16F3N3O2/c1-11-13(3-2-4-15(11)19(20,21)22)17-14-9-25(7-5-16(14)23-24-17)18(26)12-6-8-27-10-12/h2-4,6,8,10H,5,7,9H2,1H3,(H,23,24). The van der Waals surface area contributed by atoms with E-state index in [1.807, 2.05) is 0 Å². The van der Waals surface area contributed by atoms with Gasteiger partial charge in [-0.05, 0) is 24.6 Å². The molecule has 8 heteroatoms. The summed E-state index contributed by atoms with van der Waals surface area (Å²) in [6, 6.07) is 5.65. The molecule has 4 rings (SSSR count). The van der Waals surface area contributed by atoms with E-state index in [1.54, 1.807) is 17.0 Å². The molecular formula is C19H16F3N3O2. The Kier molecular flexibility index (Phi) is 4.05. The average Bonchev–Trinajstić information content (AvgIpc) is 3.30. The van der Waals surface area contributed by atoms with Crippen LogP contribution in [-0.2, 0) is 19.1 Å². The first-order chi connectivity index (χ1) is 12.9. The second-order valence-corrected chi connectivity index (χ2v) is 6.49. The first-order valence-corrected chi connectivity index (χ1v) is 8.41. The number of amides is 1. The Morgan fingerprint density at radius 2 is 2.11 bits per heavy atom. The van der Waals surface area contributed by atoms with Crippen LogP contribution in [0.1, 0.15) is 32.7 Å². The lowest BCUT2D eigenvalue weighted by molar-refractivity contribution is -0.138. The van der Waals surface area contributed by atoms with E-state index in [-0.39, 0.29) is 18.0 Å². The van der Waals surface area contributed by atoms with E-state index in [0.717, 1.165) is 17.3 Å². The molecule has 0 atom stereocenters. The molecule has 0 spiro atoms. The van der Waals surface area contributed by atoms with Gasteiger partial charge in [-0.15, -0.1) is 0 Å². The topological polar surface area (TPSA) is 62.1 Å². The van der Waals surface area contributed by atoms with Crippen LogP contribution in [0.2, 0.25) is 0 Å². The highest BCUT2D eigenvalue weighted by Gasteiger charge is 2.34. The molecule has 0 saturated heterocycles. The molecule has 1 aromatic carbocycles. The second kappa shape index (κ2) is 6.29. The third kappa shape index (κ3) is 3.01. The molecule has 0 radical (unpaired) electrons. The lowest BCUT2D eigenvalue weighted by atomic mass is 9.95. The van der Waals surface area contributed by atoms with Crippen molar-refractivity contribution in [3.63, 3.8) is 0 Å². The highest BCUT2D eigenvalue weighted by molar-refractivity contribution is 5.94. The van der Waals surface area contributed by atoms with E-state index in [0.29, 0.717) is 29.8 Å². The predicted molar refractivity (Wildman–Crippen MR) is 90.9 cm³/mol. The van der Waals surface area contributed by atoms with E-state index in [2.05, 4.69) is 10.2 Å². The van der Waals surface area contributed by atoms with E-state index >= 15 is 0 Å². The number of hydrogen-bond donors (Lipinski definition) is 1. The van der Waals surface area contributed by atoms with Crippen LogP contribution in [0.5, 0.6) is 0 Å². The highest BCUT2D eigenvalue weighted by Crippen LogP contribution is 2.37. The van der Waals surface area contributed by atoms with Gasteiger partial charge in [0.15, 0.2) is 0 Å². The van der Waals surface area contributed by atoms with Gasteiger partial charge in [0.05, 0.1) is 23.1 Å². The van der Waals surface area contributed by atoms with Crippen molar-refractivity contribution in [1.82, 2.24) is 15.1 Å². The van der Waals surface area contributed by atoms with Gasteiger partial charge in [0.25, 0.3) is 5.91 Å². The summed E-state index contributed by atoms with van der Waals surface area (Å²) in [6.45, 7) is 2.22. The molecule has 140 valence electrons. The van der Waals surface area contributed by atoms with Gasteiger partial charge in [-0.2, -0.15) is 18.3 Å². The summed E-state index contributed by atoms with van der Waals surface area (Å²) in [5, 5.41) is 7.18. The fourth-order valence-electron chi connectivity index (χ4n) is 3.46. The van der Waals surface area contributed by atoms with Crippen molar-refractivity contribution >= 4 is 5.91 Å². The fraction of sp³-hybridized carbons (Fsp3) is 0.263. The highest BCUT2D eigenvalue weighted by atomic mass is 19.4. The summed E-state index contributed by atoms with van der Waals surface area (Å²) in [7, 11) is 0. The fourth-order valence-corrected chi connectivity index (χ4v) is 3.46. The summed E-state index contributed by atoms with van der Waals surface area (Å²) in [5.41, 5.74) is 2.35. The zero-order valence-corrected chi connectivity index (χ0v) is 14.4. The SMILES string of the molecule is Cc1c(-c2n[nH]c3c2CN(C(=O)c2ccoc2)CC3)cccc1C(F)(F)F. The van der Waals surface area contributed by atoms with E-state index in [4.69, 9.17) is 4.42 Å². The number of H-pyrrole nitrogens is 1. The van der Waals surface area contributed by atoms with Crippen molar-refractivity contribution in [2.75, 3.05) is 6.54 Å². The number of furan rings is 1. The van der Waals surface area contributed by atoms with Crippen LogP contribution in [0.25, 0.3) is 11.3 Å². The van der Waals surface area contributed by atoms with Gasteiger partial charge in [0.1, 0.15) is 6.26 Å². The minimum Gasteiger partial charge on any atom is -0.472 e. The number of aromatic nitrogens is 2. The number of alkyl halides is 3. The first kappa shape index (κ1) is 17.4. The molecule has 3 heterocycles. The molecule has 0 bridgehead atoms. The Labute approximate surface area is 152 Å². The minimum absolute atomic E-state index is 0.123. The number of rotatable bonds is 2. The quantitative estimate of drug-likeness (QED) is 0.730. The molecule has 2 aromatic heterocycles. The van der Waals surface area contributed by atoms with E-state index < -0.39 is 11.7 Å². The van der Waals surface area contributed by atoms with Crippen LogP contribution in [0.3, 0.4) is 0 Å². The summed E-state index contributed by atoms with van der Waals surface area (Å²) < 4.78 is 44.7. The first-order valence-electron chi connectivity index (χ1n) is 8.41. The number of halogens is 3. The van der Waals surface area contributed by atoms with Crippen molar-refractivity contribution in [2.45, 2.75) is 26.1 Å². The Morgan fingerprint density at radius 1 is 1.30 bits per heavy atom. The van der Waals surface area contributed by atoms with Crippen molar-refractivity contribution in [2.24, 2.45) is 0 Å². The smallest absolute Gasteiger partial charge is 0.416 e. The molecule has 0 unspecified atom stereocenters. The Balaban J connectivity index is 1.71. The number of fused-ring (bicyclic) bond motifs is 1. The average molecular weight is 375 g/mol. The number of nitrogens with one attached hydrogen (secondary N) is 1. The molecule has 1 amide bonds. The molecule has 27 heavy (non-hydrogen) atoms. The van der Waals surface area contributed by atoms with Crippen LogP contribution in [-0.4, -0.2) is 27.5 Å². The van der Waals surface area contributed by atoms with Gasteiger partial charge in [-0.1, -0.05) is 12.1 Å². The maximum Gasteiger partial charge on any atom is 0.416 e. The van der Waals surface area contributed by atoms with Crippen molar-refractivity contribution < 1.29 is 22.4 Å². The van der Waals surface area contributed by atoms with Gasteiger partial charge in [0, 0.05) is 36.3 Å². The zero-order chi connectivity index (χ0) is 19.2. The zero-order valence-electron chi connectivity index (χ0n) is 14.4. The predicted octanol–water partition coefficient (Wildman–Crippen LogP) is 4.20. The molecular weight excluding hydrogens is 359 g/mol. The number of hydrogen-bond acceptors (Lipinski definition) is 3. The van der Waals surface area contributed by atoms with Crippen molar-refractivity contribution in [3.8, 4) is 11.3 Å². The van der Waals surface area contributed by atoms with Gasteiger partial charge in [-0.25, -0.2) is 0 Å². The number of carbonyl (C=O) groups is 1. The molecule has 5 nitrogen and oxygen atoms in total. The minimum atomic E-state index is -4.43. The van der Waals surface area contributed by atoms with Crippen molar-refractivity contribution in [3.05, 3.63) is 64.7 Å². The largest absolute Gasteiger partial charge is 0.472 e. The number of benzene rings is 1. The lowest BCUT2D eigenvalue weighted by Crippen LogP contribution is -2.35. The molecule has 0 fully saturated rings. The Bertz CT molecular complexity index is 990. The maximum atomic E-state index is 13.2. The van der Waals surface area contributed by atoms with Crippen LogP contribution in [0.4, 0.5) is 13.2 Å². The molecule has 1 aliphatic heterocycles. The second-order valence-electron chi connectivity index (χ2n) is 6.49. The molecule has 1 aliphatic rings. The number of aromatic amines is 1. The van der Waals surface area contributed by atoms with Crippen LogP contribution in [0.15, 0.2) is 41.2 Å². The summed E-state index contributed by atoms with van der Waals surface area (Å²) in [6.07, 6.45) is -1.06. The Morgan fingerprint density at radius 3 is 2.81 bits per heavy atom. The third-order valence-corrected chi connectivity index (χ3v) is 4.88.